The van der Waals surface area contributed by atoms with Gasteiger partial charge in [-0.05, 0) is 6.42 Å². The molecule has 1 aliphatic carbocycles. The standard InChI is InChI=1S/C6H8O3/c7-3-4-5(8)1-2-6(4)9/h3,5,8-9H,1-2H2. The van der Waals surface area contributed by atoms with E-state index in [-0.39, 0.29) is 11.3 Å². The molecule has 0 saturated heterocycles. The second-order valence-corrected chi connectivity index (χ2v) is 2.07. The van der Waals surface area contributed by atoms with Gasteiger partial charge >= 0.3 is 0 Å². The zero-order valence-corrected chi connectivity index (χ0v) is 4.87. The van der Waals surface area contributed by atoms with Crippen LogP contribution >= 0.6 is 0 Å². The van der Waals surface area contributed by atoms with Crippen LogP contribution in [0.15, 0.2) is 11.3 Å². The molecule has 3 heteroatoms. The molecule has 0 radical (unpaired) electrons. The largest absolute Gasteiger partial charge is 0.512 e. The molecule has 1 aliphatic rings. The smallest absolute Gasteiger partial charge is 0.151 e. The number of allylic oxidation sites excluding steroid dienone is 1. The third kappa shape index (κ3) is 0.954. The molecular weight excluding hydrogens is 120 g/mol. The molecule has 0 amide bonds. The molecule has 0 saturated carbocycles. The van der Waals surface area contributed by atoms with Crippen LogP contribution in [0.25, 0.3) is 0 Å². The fourth-order valence-corrected chi connectivity index (χ4v) is 0.912. The Hall–Kier alpha value is -0.830. The summed E-state index contributed by atoms with van der Waals surface area (Å²) in [4.78, 5) is 10.1. The van der Waals surface area contributed by atoms with Crippen LogP contribution in [0.4, 0.5) is 0 Å². The highest BCUT2D eigenvalue weighted by Crippen LogP contribution is 2.22. The van der Waals surface area contributed by atoms with Crippen molar-refractivity contribution in [3.8, 4) is 0 Å². The van der Waals surface area contributed by atoms with Crippen LogP contribution in [0.5, 0.6) is 0 Å². The second kappa shape index (κ2) is 2.19. The molecule has 2 N–H and O–H groups in total. The predicted molar refractivity (Wildman–Crippen MR) is 31.0 cm³/mol. The van der Waals surface area contributed by atoms with Gasteiger partial charge < -0.3 is 10.2 Å². The maximum Gasteiger partial charge on any atom is 0.151 e. The first kappa shape index (κ1) is 6.29. The van der Waals surface area contributed by atoms with E-state index >= 15 is 0 Å². The van der Waals surface area contributed by atoms with E-state index in [1.807, 2.05) is 0 Å². The van der Waals surface area contributed by atoms with Gasteiger partial charge in [0, 0.05) is 6.42 Å². The first-order valence-corrected chi connectivity index (χ1v) is 2.81. The van der Waals surface area contributed by atoms with Gasteiger partial charge in [0.15, 0.2) is 6.29 Å². The summed E-state index contributed by atoms with van der Waals surface area (Å²) < 4.78 is 0. The highest BCUT2D eigenvalue weighted by molar-refractivity contribution is 5.76. The van der Waals surface area contributed by atoms with Crippen molar-refractivity contribution in [3.63, 3.8) is 0 Å². The van der Waals surface area contributed by atoms with E-state index < -0.39 is 6.10 Å². The Bertz CT molecular complexity index is 160. The normalized spacial score (nSPS) is 27.0. The maximum absolute atomic E-state index is 10.1. The zero-order valence-electron chi connectivity index (χ0n) is 4.87. The summed E-state index contributed by atoms with van der Waals surface area (Å²) in [5.41, 5.74) is 0.148. The molecule has 50 valence electrons. The van der Waals surface area contributed by atoms with Gasteiger partial charge in [-0.15, -0.1) is 0 Å². The highest BCUT2D eigenvalue weighted by Gasteiger charge is 2.22. The molecule has 0 aromatic carbocycles. The van der Waals surface area contributed by atoms with Crippen LogP contribution in [0.2, 0.25) is 0 Å². The van der Waals surface area contributed by atoms with Crippen molar-refractivity contribution in [2.24, 2.45) is 0 Å². The summed E-state index contributed by atoms with van der Waals surface area (Å²) in [6.07, 6.45) is 0.671. The van der Waals surface area contributed by atoms with Gasteiger partial charge in [-0.25, -0.2) is 0 Å². The van der Waals surface area contributed by atoms with Crippen LogP contribution in [-0.2, 0) is 4.79 Å². The van der Waals surface area contributed by atoms with Gasteiger partial charge in [-0.2, -0.15) is 0 Å². The van der Waals surface area contributed by atoms with Crippen molar-refractivity contribution in [3.05, 3.63) is 11.3 Å². The lowest BCUT2D eigenvalue weighted by atomic mass is 10.2. The Morgan fingerprint density at radius 3 is 2.56 bits per heavy atom. The average Bonchev–Trinajstić information content (AvgIpc) is 2.12. The van der Waals surface area contributed by atoms with Crippen LogP contribution in [-0.4, -0.2) is 22.6 Å². The fourth-order valence-electron chi connectivity index (χ4n) is 0.912. The summed E-state index contributed by atoms with van der Waals surface area (Å²) in [5.74, 6) is 0.0394. The molecule has 1 atom stereocenters. The lowest BCUT2D eigenvalue weighted by Gasteiger charge is -1.96. The molecule has 0 heterocycles. The number of rotatable bonds is 1. The van der Waals surface area contributed by atoms with E-state index in [9.17, 15) is 4.79 Å². The molecule has 0 aromatic heterocycles. The quantitative estimate of drug-likeness (QED) is 0.494. The summed E-state index contributed by atoms with van der Waals surface area (Å²) in [7, 11) is 0. The number of carbonyl (C=O) groups excluding carboxylic acids is 1. The summed E-state index contributed by atoms with van der Waals surface area (Å²) in [6.45, 7) is 0. The van der Waals surface area contributed by atoms with Gasteiger partial charge in [0.2, 0.25) is 0 Å². The van der Waals surface area contributed by atoms with Crippen molar-refractivity contribution in [2.45, 2.75) is 18.9 Å². The molecule has 0 aliphatic heterocycles. The Balaban J connectivity index is 2.81. The van der Waals surface area contributed by atoms with E-state index in [2.05, 4.69) is 0 Å². The molecule has 0 aromatic rings. The molecule has 0 fully saturated rings. The number of aliphatic hydroxyl groups excluding tert-OH is 2. The minimum Gasteiger partial charge on any atom is -0.512 e. The number of carbonyl (C=O) groups is 1. The van der Waals surface area contributed by atoms with Crippen LogP contribution in [0.1, 0.15) is 12.8 Å². The van der Waals surface area contributed by atoms with E-state index in [0.717, 1.165) is 0 Å². The first-order valence-electron chi connectivity index (χ1n) is 2.81. The fraction of sp³-hybridized carbons (Fsp3) is 0.500. The number of hydrogen-bond donors (Lipinski definition) is 2. The van der Waals surface area contributed by atoms with Gasteiger partial charge in [-0.3, -0.25) is 4.79 Å². The number of hydrogen-bond acceptors (Lipinski definition) is 3. The highest BCUT2D eigenvalue weighted by atomic mass is 16.3. The summed E-state index contributed by atoms with van der Waals surface area (Å²) in [6, 6.07) is 0. The number of aldehydes is 1. The molecule has 1 unspecified atom stereocenters. The van der Waals surface area contributed by atoms with Crippen molar-refractivity contribution in [2.75, 3.05) is 0 Å². The van der Waals surface area contributed by atoms with Crippen molar-refractivity contribution in [1.82, 2.24) is 0 Å². The molecular formula is C6H8O3. The molecule has 9 heavy (non-hydrogen) atoms. The molecule has 3 nitrogen and oxygen atoms in total. The Kier molecular flexibility index (Phi) is 1.53. The van der Waals surface area contributed by atoms with Crippen LogP contribution < -0.4 is 0 Å². The van der Waals surface area contributed by atoms with Crippen LogP contribution in [0.3, 0.4) is 0 Å². The third-order valence-electron chi connectivity index (χ3n) is 1.47. The Morgan fingerprint density at radius 1 is 1.67 bits per heavy atom. The van der Waals surface area contributed by atoms with E-state index in [1.54, 1.807) is 0 Å². The minimum absolute atomic E-state index is 0.0394. The average molecular weight is 128 g/mol. The molecule has 0 bridgehead atoms. The topological polar surface area (TPSA) is 57.5 Å². The van der Waals surface area contributed by atoms with E-state index in [0.29, 0.717) is 19.1 Å². The van der Waals surface area contributed by atoms with Crippen molar-refractivity contribution < 1.29 is 15.0 Å². The molecule has 0 spiro atoms. The van der Waals surface area contributed by atoms with Gasteiger partial charge in [0.1, 0.15) is 5.76 Å². The van der Waals surface area contributed by atoms with E-state index in [1.165, 1.54) is 0 Å². The molecule has 1 rings (SSSR count). The van der Waals surface area contributed by atoms with Gasteiger partial charge in [0.25, 0.3) is 0 Å². The minimum atomic E-state index is -0.734. The van der Waals surface area contributed by atoms with E-state index in [4.69, 9.17) is 10.2 Å². The SMILES string of the molecule is O=CC1=C(O)CCC1O. The Labute approximate surface area is 52.6 Å². The lowest BCUT2D eigenvalue weighted by molar-refractivity contribution is -0.105. The van der Waals surface area contributed by atoms with Gasteiger partial charge in [0.05, 0.1) is 11.7 Å². The Morgan fingerprint density at radius 2 is 2.33 bits per heavy atom. The van der Waals surface area contributed by atoms with Crippen molar-refractivity contribution in [1.29, 1.82) is 0 Å². The lowest BCUT2D eigenvalue weighted by Crippen LogP contribution is -2.05. The summed E-state index contributed by atoms with van der Waals surface area (Å²) >= 11 is 0. The first-order chi connectivity index (χ1) is 4.25. The van der Waals surface area contributed by atoms with Gasteiger partial charge in [-0.1, -0.05) is 0 Å². The van der Waals surface area contributed by atoms with Crippen molar-refractivity contribution >= 4 is 6.29 Å². The zero-order chi connectivity index (χ0) is 6.85. The third-order valence-corrected chi connectivity index (χ3v) is 1.47. The maximum atomic E-state index is 10.1. The monoisotopic (exact) mass is 128 g/mol. The van der Waals surface area contributed by atoms with Crippen LogP contribution in [0, 0.1) is 0 Å². The second-order valence-electron chi connectivity index (χ2n) is 2.07. The number of aliphatic hydroxyl groups is 2. The summed E-state index contributed by atoms with van der Waals surface area (Å²) in [5, 5.41) is 17.8. The predicted octanol–water partition coefficient (Wildman–Crippen LogP) is 0.152.